The van der Waals surface area contributed by atoms with Gasteiger partial charge >= 0.3 is 0 Å². The third-order valence-corrected chi connectivity index (χ3v) is 11.4. The number of aromatic amines is 2. The van der Waals surface area contributed by atoms with Gasteiger partial charge in [-0.15, -0.1) is 0 Å². The van der Waals surface area contributed by atoms with Crippen LogP contribution in [0.2, 0.25) is 0 Å². The summed E-state index contributed by atoms with van der Waals surface area (Å²) in [5, 5.41) is 55.9. The Morgan fingerprint density at radius 3 is 1.56 bits per heavy atom. The summed E-state index contributed by atoms with van der Waals surface area (Å²) in [6.07, 6.45) is 4.99. The topological polar surface area (TPSA) is 230 Å². The quantitative estimate of drug-likeness (QED) is 0.0270. The number of aromatic hydroxyl groups is 2. The fraction of sp³-hybridized carbons (Fsp3) is 0.333. The number of nitrogens with two attached hydrogens (primary N) is 1. The number of pyridine rings is 2. The summed E-state index contributed by atoms with van der Waals surface area (Å²) in [7, 11) is 0. The fourth-order valence-electron chi connectivity index (χ4n) is 7.71. The standard InChI is InChI=1S/C29H34N4O4.C25H33N3O3/c1-29(2,30)18-37-22-9-7-21(8-10-22)32-20-5-3-19(4-6-20)15-16-31-17-26(35)23-11-13-25(34)28-24(23)12-14-27(36)33-28;29-22-12-10-20(21-11-13-24(31)28-25(21)22)23(30)18-27-16-7-2-1-6-15-26-17-14-19-8-4-3-5-9-19/h3-14,26,31-32,34-35H,15-18,30H2,1-2H3,(H,33,36);3-5,8-13,23,26-27,29-30H,1-2,6-7,14-18H2,(H,28,31). The minimum absolute atomic E-state index is 0.00571. The van der Waals surface area contributed by atoms with Crippen LogP contribution < -0.4 is 42.9 Å². The molecule has 0 saturated carbocycles. The van der Waals surface area contributed by atoms with Crippen LogP contribution in [0.25, 0.3) is 21.8 Å². The van der Waals surface area contributed by atoms with Crippen molar-refractivity contribution in [2.45, 2.75) is 70.1 Å². The van der Waals surface area contributed by atoms with E-state index in [-0.39, 0.29) is 28.2 Å². The van der Waals surface area contributed by atoms with E-state index in [1.165, 1.54) is 48.2 Å². The van der Waals surface area contributed by atoms with E-state index in [1.807, 2.05) is 56.3 Å². The Morgan fingerprint density at radius 1 is 0.559 bits per heavy atom. The van der Waals surface area contributed by atoms with Gasteiger partial charge in [0, 0.05) is 52.9 Å². The number of phenols is 2. The van der Waals surface area contributed by atoms with Crippen molar-refractivity contribution in [1.82, 2.24) is 25.9 Å². The monoisotopic (exact) mass is 926 g/mol. The fourth-order valence-corrected chi connectivity index (χ4v) is 7.71. The number of aliphatic hydroxyl groups is 2. The molecular weight excluding hydrogens is 859 g/mol. The van der Waals surface area contributed by atoms with E-state index in [9.17, 15) is 30.0 Å². The molecule has 2 heterocycles. The van der Waals surface area contributed by atoms with Crippen LogP contribution in [0.3, 0.4) is 0 Å². The number of unbranched alkanes of at least 4 members (excludes halogenated alkanes) is 3. The Morgan fingerprint density at radius 2 is 1.03 bits per heavy atom. The summed E-state index contributed by atoms with van der Waals surface area (Å²) in [6, 6.07) is 38.9. The average molecular weight is 926 g/mol. The molecule has 360 valence electrons. The lowest BCUT2D eigenvalue weighted by Gasteiger charge is -2.19. The van der Waals surface area contributed by atoms with E-state index in [1.54, 1.807) is 24.3 Å². The van der Waals surface area contributed by atoms with Crippen LogP contribution in [0.1, 0.15) is 74.0 Å². The first-order valence-electron chi connectivity index (χ1n) is 23.4. The van der Waals surface area contributed by atoms with Crippen LogP contribution in [0.15, 0.2) is 137 Å². The number of anilines is 2. The van der Waals surface area contributed by atoms with Crippen molar-refractivity contribution in [3.8, 4) is 17.2 Å². The highest BCUT2D eigenvalue weighted by Crippen LogP contribution is 2.30. The third-order valence-electron chi connectivity index (χ3n) is 11.4. The molecule has 5 aromatic carbocycles. The van der Waals surface area contributed by atoms with Gasteiger partial charge in [-0.25, -0.2) is 0 Å². The molecule has 0 spiro atoms. The maximum Gasteiger partial charge on any atom is 0.248 e. The van der Waals surface area contributed by atoms with E-state index in [4.69, 9.17) is 10.5 Å². The van der Waals surface area contributed by atoms with Crippen molar-refractivity contribution in [1.29, 1.82) is 0 Å². The molecule has 7 rings (SSSR count). The van der Waals surface area contributed by atoms with Crippen LogP contribution in [0, 0.1) is 0 Å². The van der Waals surface area contributed by atoms with Gasteiger partial charge in [0.1, 0.15) is 23.9 Å². The highest BCUT2D eigenvalue weighted by atomic mass is 16.5. The predicted octanol–water partition coefficient (Wildman–Crippen LogP) is 7.21. The first-order valence-corrected chi connectivity index (χ1v) is 23.4. The second kappa shape index (κ2) is 25.6. The zero-order chi connectivity index (χ0) is 48.3. The molecule has 0 bridgehead atoms. The second-order valence-electron chi connectivity index (χ2n) is 17.8. The molecule has 68 heavy (non-hydrogen) atoms. The Bertz CT molecular complexity index is 2740. The van der Waals surface area contributed by atoms with Crippen LogP contribution >= 0.6 is 0 Å². The minimum Gasteiger partial charge on any atom is -0.506 e. The number of nitrogens with one attached hydrogen (secondary N) is 6. The maximum absolute atomic E-state index is 11.6. The van der Waals surface area contributed by atoms with Gasteiger partial charge in [0.2, 0.25) is 11.1 Å². The van der Waals surface area contributed by atoms with Gasteiger partial charge in [-0.05, 0) is 149 Å². The smallest absolute Gasteiger partial charge is 0.248 e. The molecule has 0 aliphatic heterocycles. The minimum atomic E-state index is -0.779. The van der Waals surface area contributed by atoms with Crippen LogP contribution in [0.4, 0.5) is 11.4 Å². The predicted molar refractivity (Wildman–Crippen MR) is 273 cm³/mol. The van der Waals surface area contributed by atoms with E-state index >= 15 is 0 Å². The zero-order valence-corrected chi connectivity index (χ0v) is 39.1. The lowest BCUT2D eigenvalue weighted by atomic mass is 10.0. The summed E-state index contributed by atoms with van der Waals surface area (Å²) in [6.45, 7) is 8.69. The molecule has 0 amide bonds. The van der Waals surface area contributed by atoms with Crippen molar-refractivity contribution in [3.05, 3.63) is 170 Å². The number of benzene rings is 5. The first-order chi connectivity index (χ1) is 32.8. The number of H-pyrrole nitrogens is 2. The Labute approximate surface area is 397 Å². The summed E-state index contributed by atoms with van der Waals surface area (Å²) < 4.78 is 5.71. The third kappa shape index (κ3) is 16.1. The van der Waals surface area contributed by atoms with Crippen LogP contribution in [0.5, 0.6) is 17.2 Å². The van der Waals surface area contributed by atoms with Gasteiger partial charge in [0.25, 0.3) is 0 Å². The summed E-state index contributed by atoms with van der Waals surface area (Å²) in [5.74, 6) is 0.768. The van der Waals surface area contributed by atoms with Crippen molar-refractivity contribution >= 4 is 33.2 Å². The number of fused-ring (bicyclic) bond motifs is 2. The molecule has 12 N–H and O–H groups in total. The van der Waals surface area contributed by atoms with E-state index < -0.39 is 12.2 Å². The van der Waals surface area contributed by atoms with E-state index in [2.05, 4.69) is 67.6 Å². The molecule has 0 aliphatic rings. The molecule has 2 atom stereocenters. The van der Waals surface area contributed by atoms with Gasteiger partial charge in [-0.3, -0.25) is 9.59 Å². The summed E-state index contributed by atoms with van der Waals surface area (Å²) >= 11 is 0. The number of hydrogen-bond acceptors (Lipinski definition) is 12. The van der Waals surface area contributed by atoms with Crippen molar-refractivity contribution < 1.29 is 25.2 Å². The van der Waals surface area contributed by atoms with Crippen LogP contribution in [-0.2, 0) is 12.8 Å². The van der Waals surface area contributed by atoms with Crippen molar-refractivity contribution in [2.24, 2.45) is 5.73 Å². The number of aromatic nitrogens is 2. The number of phenolic OH excluding ortho intramolecular Hbond substituents is 2. The highest BCUT2D eigenvalue weighted by molar-refractivity contribution is 5.88. The van der Waals surface area contributed by atoms with Gasteiger partial charge < -0.3 is 62.1 Å². The van der Waals surface area contributed by atoms with Gasteiger partial charge in [0.15, 0.2) is 0 Å². The molecular formula is C54H67N7O7. The second-order valence-corrected chi connectivity index (χ2v) is 17.8. The molecule has 7 aromatic rings. The molecule has 0 aliphatic carbocycles. The molecule has 0 fully saturated rings. The molecule has 2 unspecified atom stereocenters. The number of hydrogen-bond donors (Lipinski definition) is 11. The van der Waals surface area contributed by atoms with E-state index in [0.717, 1.165) is 62.4 Å². The number of rotatable bonds is 24. The highest BCUT2D eigenvalue weighted by Gasteiger charge is 2.16. The molecule has 2 aromatic heterocycles. The van der Waals surface area contributed by atoms with Crippen molar-refractivity contribution in [2.75, 3.05) is 51.2 Å². The summed E-state index contributed by atoms with van der Waals surface area (Å²) in [5.41, 5.74) is 11.5. The lowest BCUT2D eigenvalue weighted by Crippen LogP contribution is -2.38. The van der Waals surface area contributed by atoms with Gasteiger partial charge in [-0.1, -0.05) is 67.4 Å². The zero-order valence-electron chi connectivity index (χ0n) is 39.1. The summed E-state index contributed by atoms with van der Waals surface area (Å²) in [4.78, 5) is 28.3. The lowest BCUT2D eigenvalue weighted by molar-refractivity contribution is 0.176. The Hall–Kier alpha value is -6.52. The maximum atomic E-state index is 11.6. The van der Waals surface area contributed by atoms with Gasteiger partial charge in [0.05, 0.1) is 23.2 Å². The molecule has 14 nitrogen and oxygen atoms in total. The molecule has 0 saturated heterocycles. The SMILES string of the molecule is CC(C)(N)COc1ccc(Nc2ccc(CCNCC(O)c3ccc(O)c4[nH]c(=O)ccc34)cc2)cc1.O=c1ccc2c(C(O)CNCCCCCCNCCc3ccccc3)ccc(O)c2[nH]1. The number of ether oxygens (including phenoxy) is 1. The Kier molecular flexibility index (Phi) is 19.1. The van der Waals surface area contributed by atoms with E-state index in [0.29, 0.717) is 59.2 Å². The van der Waals surface area contributed by atoms with Crippen molar-refractivity contribution in [3.63, 3.8) is 0 Å². The normalized spacial score (nSPS) is 12.4. The molecule has 14 heteroatoms. The molecule has 0 radical (unpaired) electrons. The first kappa shape index (κ1) is 50.9. The van der Waals surface area contributed by atoms with Crippen LogP contribution in [-0.4, -0.2) is 81.8 Å². The average Bonchev–Trinajstić information content (AvgIpc) is 3.33. The van der Waals surface area contributed by atoms with Gasteiger partial charge in [-0.2, -0.15) is 0 Å². The Balaban J connectivity index is 0.000000228. The largest absolute Gasteiger partial charge is 0.506 e. The number of aliphatic hydroxyl groups excluding tert-OH is 2.